The average molecular weight is 750 g/mol. The molecule has 0 spiro atoms. The first-order valence-electron chi connectivity index (χ1n) is 22.9. The number of esters is 1. The molecular formula is C47H89O6-. The fourth-order valence-corrected chi connectivity index (χ4v) is 6.41. The Hall–Kier alpha value is -1.66. The summed E-state index contributed by atoms with van der Waals surface area (Å²) in [5.74, 6) is -1.19. The lowest BCUT2D eigenvalue weighted by molar-refractivity contribution is -0.305. The van der Waals surface area contributed by atoms with Crippen molar-refractivity contribution in [2.75, 3.05) is 13.2 Å². The first kappa shape index (κ1) is 53.4. The molecule has 0 aliphatic heterocycles. The summed E-state index contributed by atoms with van der Waals surface area (Å²) in [4.78, 5) is 21.7. The standard InChI is InChI=1S/C25H48O4.C22H42O2/c1-2-3-4-5-6-7-8-9-10-11-12-13-14-15-16-17-18-19-20-21-25(28)29-23-24(27)22-26;1-2-3-4-5-6-7-8-9-10-11-12-13-14-15-16-17-18-19-20-21-22(23)24/h9-10,24,26-27H,2-8,11-23H2,1H3;9-10H,2-8,11-21H2,1H3,(H,23,24)/p-1/b2*10-9+. The Balaban J connectivity index is 0. The number of carbonyl (C=O) groups is 2. The van der Waals surface area contributed by atoms with E-state index in [4.69, 9.17) is 14.9 Å². The number of rotatable bonds is 41. The normalized spacial score (nSPS) is 12.0. The summed E-state index contributed by atoms with van der Waals surface area (Å²) in [5, 5.41) is 28.0. The van der Waals surface area contributed by atoms with Crippen molar-refractivity contribution in [3.8, 4) is 0 Å². The molecule has 53 heavy (non-hydrogen) atoms. The Bertz CT molecular complexity index is 779. The molecule has 1 atom stereocenters. The third-order valence-electron chi connectivity index (χ3n) is 9.93. The van der Waals surface area contributed by atoms with Gasteiger partial charge in [0.15, 0.2) is 0 Å². The molecule has 0 aromatic carbocycles. The Morgan fingerprint density at radius 1 is 0.472 bits per heavy atom. The second kappa shape index (κ2) is 48.4. The lowest BCUT2D eigenvalue weighted by Crippen LogP contribution is -2.21. The van der Waals surface area contributed by atoms with Crippen LogP contribution < -0.4 is 5.11 Å². The number of aliphatic hydroxyl groups excluding tert-OH is 2. The molecule has 6 nitrogen and oxygen atoms in total. The van der Waals surface area contributed by atoms with Gasteiger partial charge in [-0.1, -0.05) is 192 Å². The molecular weight excluding hydrogens is 661 g/mol. The van der Waals surface area contributed by atoms with Crippen molar-refractivity contribution in [2.24, 2.45) is 0 Å². The van der Waals surface area contributed by atoms with Crippen LogP contribution in [0.3, 0.4) is 0 Å². The topological polar surface area (TPSA) is 107 Å². The molecule has 0 rings (SSSR count). The maximum Gasteiger partial charge on any atom is 0.305 e. The number of allylic oxidation sites excluding steroid dienone is 4. The van der Waals surface area contributed by atoms with Crippen LogP contribution in [0.1, 0.15) is 245 Å². The molecule has 0 amide bonds. The second-order valence-corrected chi connectivity index (χ2v) is 15.4. The summed E-state index contributed by atoms with van der Waals surface area (Å²) in [7, 11) is 0. The monoisotopic (exact) mass is 750 g/mol. The molecule has 2 N–H and O–H groups in total. The molecule has 0 bridgehead atoms. The Kier molecular flexibility index (Phi) is 48.8. The van der Waals surface area contributed by atoms with Crippen LogP contribution in [0.4, 0.5) is 0 Å². The highest BCUT2D eigenvalue weighted by molar-refractivity contribution is 5.69. The van der Waals surface area contributed by atoms with Crippen LogP contribution in [-0.2, 0) is 14.3 Å². The number of aliphatic carboxylic acids is 1. The molecule has 0 saturated carbocycles. The van der Waals surface area contributed by atoms with E-state index >= 15 is 0 Å². The van der Waals surface area contributed by atoms with Gasteiger partial charge in [-0.3, -0.25) is 4.79 Å². The summed E-state index contributed by atoms with van der Waals surface area (Å²) in [6.07, 6.45) is 52.7. The van der Waals surface area contributed by atoms with E-state index in [2.05, 4.69) is 38.2 Å². The Labute approximate surface area is 329 Å². The van der Waals surface area contributed by atoms with E-state index in [0.717, 1.165) is 25.7 Å². The van der Waals surface area contributed by atoms with E-state index in [1.807, 2.05) is 0 Å². The van der Waals surface area contributed by atoms with Gasteiger partial charge in [0.05, 0.1) is 6.61 Å². The number of hydrogen-bond acceptors (Lipinski definition) is 6. The van der Waals surface area contributed by atoms with Crippen LogP contribution in [-0.4, -0.2) is 41.5 Å². The minimum absolute atomic E-state index is 0.107. The SMILES string of the molecule is CCCCCCCC/C=C/CCCCCCCCCCCC(=O)OCC(O)CO.CCCCCCCC/C=C/CCCCCCCCCCCC(=O)[O-]. The van der Waals surface area contributed by atoms with Crippen LogP contribution in [0.5, 0.6) is 0 Å². The molecule has 1 unspecified atom stereocenters. The predicted octanol–water partition coefficient (Wildman–Crippen LogP) is 12.8. The van der Waals surface area contributed by atoms with Crippen molar-refractivity contribution in [3.63, 3.8) is 0 Å². The molecule has 0 saturated heterocycles. The molecule has 0 radical (unpaired) electrons. The number of carboxylic acids is 1. The number of ether oxygens (including phenoxy) is 1. The molecule has 314 valence electrons. The van der Waals surface area contributed by atoms with E-state index in [-0.39, 0.29) is 25.6 Å². The molecule has 0 aliphatic carbocycles. The molecule has 0 aromatic rings. The summed E-state index contributed by atoms with van der Waals surface area (Å²) in [6.45, 7) is 4.06. The first-order chi connectivity index (χ1) is 26.0. The highest BCUT2D eigenvalue weighted by atomic mass is 16.5. The maximum atomic E-state index is 11.4. The fraction of sp³-hybridized carbons (Fsp3) is 0.872. The highest BCUT2D eigenvalue weighted by Crippen LogP contribution is 2.14. The lowest BCUT2D eigenvalue weighted by Gasteiger charge is -2.08. The van der Waals surface area contributed by atoms with Crippen LogP contribution in [0.25, 0.3) is 0 Å². The number of unbranched alkanes of at least 4 members (excludes halogenated alkanes) is 30. The second-order valence-electron chi connectivity index (χ2n) is 15.4. The zero-order valence-corrected chi connectivity index (χ0v) is 35.3. The zero-order chi connectivity index (χ0) is 39.1. The Morgan fingerprint density at radius 2 is 0.755 bits per heavy atom. The Morgan fingerprint density at radius 3 is 1.06 bits per heavy atom. The number of carboxylic acid groups (broad SMARTS) is 1. The van der Waals surface area contributed by atoms with Crippen molar-refractivity contribution in [3.05, 3.63) is 24.3 Å². The largest absolute Gasteiger partial charge is 0.550 e. The summed E-state index contributed by atoms with van der Waals surface area (Å²) >= 11 is 0. The maximum absolute atomic E-state index is 11.4. The molecule has 6 heteroatoms. The third-order valence-corrected chi connectivity index (χ3v) is 9.93. The van der Waals surface area contributed by atoms with Gasteiger partial charge >= 0.3 is 5.97 Å². The molecule has 0 aromatic heterocycles. The molecule has 0 aliphatic rings. The number of carbonyl (C=O) groups excluding carboxylic acids is 2. The minimum Gasteiger partial charge on any atom is -0.550 e. The van der Waals surface area contributed by atoms with E-state index in [1.54, 1.807) is 0 Å². The van der Waals surface area contributed by atoms with E-state index < -0.39 is 12.1 Å². The van der Waals surface area contributed by atoms with Crippen molar-refractivity contribution in [2.45, 2.75) is 251 Å². The summed E-state index contributed by atoms with van der Waals surface area (Å²) in [5.41, 5.74) is 0. The van der Waals surface area contributed by atoms with Gasteiger partial charge in [-0.2, -0.15) is 0 Å². The highest BCUT2D eigenvalue weighted by Gasteiger charge is 2.07. The van der Waals surface area contributed by atoms with Gasteiger partial charge in [-0.05, 0) is 70.6 Å². The number of aliphatic hydroxyl groups is 2. The molecule has 0 fully saturated rings. The van der Waals surface area contributed by atoms with Crippen molar-refractivity contribution < 1.29 is 29.6 Å². The van der Waals surface area contributed by atoms with Crippen molar-refractivity contribution >= 4 is 11.9 Å². The summed E-state index contributed by atoms with van der Waals surface area (Å²) in [6, 6.07) is 0. The van der Waals surface area contributed by atoms with Gasteiger partial charge in [-0.15, -0.1) is 0 Å². The van der Waals surface area contributed by atoms with E-state index in [9.17, 15) is 14.7 Å². The van der Waals surface area contributed by atoms with Gasteiger partial charge in [0.25, 0.3) is 0 Å². The van der Waals surface area contributed by atoms with Crippen LogP contribution in [0.15, 0.2) is 24.3 Å². The number of hydrogen-bond donors (Lipinski definition) is 2. The predicted molar refractivity (Wildman–Crippen MR) is 225 cm³/mol. The smallest absolute Gasteiger partial charge is 0.305 e. The fourth-order valence-electron chi connectivity index (χ4n) is 6.41. The zero-order valence-electron chi connectivity index (χ0n) is 35.3. The molecule has 0 heterocycles. The van der Waals surface area contributed by atoms with Gasteiger partial charge in [-0.25, -0.2) is 0 Å². The van der Waals surface area contributed by atoms with Gasteiger partial charge < -0.3 is 24.9 Å². The van der Waals surface area contributed by atoms with Crippen LogP contribution in [0, 0.1) is 0 Å². The van der Waals surface area contributed by atoms with E-state index in [1.165, 1.54) is 193 Å². The van der Waals surface area contributed by atoms with Crippen molar-refractivity contribution in [1.82, 2.24) is 0 Å². The lowest BCUT2D eigenvalue weighted by atomic mass is 10.1. The summed E-state index contributed by atoms with van der Waals surface area (Å²) < 4.78 is 4.88. The van der Waals surface area contributed by atoms with Gasteiger partial charge in [0, 0.05) is 12.4 Å². The first-order valence-corrected chi connectivity index (χ1v) is 22.9. The minimum atomic E-state index is -0.958. The third kappa shape index (κ3) is 52.5. The van der Waals surface area contributed by atoms with Crippen molar-refractivity contribution in [1.29, 1.82) is 0 Å². The van der Waals surface area contributed by atoms with Gasteiger partial charge in [0.2, 0.25) is 0 Å². The van der Waals surface area contributed by atoms with Crippen LogP contribution in [0.2, 0.25) is 0 Å². The quantitative estimate of drug-likeness (QED) is 0.0366. The average Bonchev–Trinajstić information content (AvgIpc) is 3.15. The van der Waals surface area contributed by atoms with E-state index in [0.29, 0.717) is 6.42 Å². The van der Waals surface area contributed by atoms with Gasteiger partial charge in [0.1, 0.15) is 12.7 Å². The van der Waals surface area contributed by atoms with Crippen LogP contribution >= 0.6 is 0 Å².